The Kier molecular flexibility index (Phi) is 4.81. The summed E-state index contributed by atoms with van der Waals surface area (Å²) < 4.78 is 40.4. The average molecular weight is 413 g/mol. The molecule has 2 aromatic carbocycles. The van der Waals surface area contributed by atoms with Crippen molar-refractivity contribution in [3.05, 3.63) is 77.4 Å². The lowest BCUT2D eigenvalue weighted by Gasteiger charge is -2.15. The summed E-state index contributed by atoms with van der Waals surface area (Å²) in [5.74, 6) is 0.334. The third-order valence-electron chi connectivity index (χ3n) is 4.83. The van der Waals surface area contributed by atoms with Gasteiger partial charge in [0.05, 0.1) is 46.3 Å². The molecule has 1 amide bonds. The molecule has 4 rings (SSSR count). The standard InChI is InChI=1S/C21H18F3N5O/c1-13-16(11-25-29(13)15-7-5-6-14(10-15)21(22,23)24)20(30)28(2)12-19-26-17-8-3-4-9-18(17)27-19/h3-11H,12H2,1-2H3,(H,26,27). The van der Waals surface area contributed by atoms with Crippen LogP contribution in [0.2, 0.25) is 0 Å². The molecule has 0 radical (unpaired) electrons. The fourth-order valence-electron chi connectivity index (χ4n) is 3.28. The molecular weight excluding hydrogens is 395 g/mol. The zero-order valence-corrected chi connectivity index (χ0v) is 16.2. The number of aromatic amines is 1. The number of benzene rings is 2. The Bertz CT molecular complexity index is 1190. The summed E-state index contributed by atoms with van der Waals surface area (Å²) in [6.07, 6.45) is -3.09. The van der Waals surface area contributed by atoms with Crippen molar-refractivity contribution in [2.75, 3.05) is 7.05 Å². The van der Waals surface area contributed by atoms with Crippen LogP contribution < -0.4 is 0 Å². The van der Waals surface area contributed by atoms with E-state index in [0.717, 1.165) is 23.2 Å². The van der Waals surface area contributed by atoms with E-state index in [2.05, 4.69) is 15.1 Å². The van der Waals surface area contributed by atoms with Gasteiger partial charge in [-0.1, -0.05) is 18.2 Å². The molecule has 6 nitrogen and oxygen atoms in total. The Morgan fingerprint density at radius 2 is 1.93 bits per heavy atom. The number of rotatable bonds is 4. The van der Waals surface area contributed by atoms with Crippen molar-refractivity contribution in [2.24, 2.45) is 0 Å². The number of imidazole rings is 1. The summed E-state index contributed by atoms with van der Waals surface area (Å²) in [6, 6.07) is 12.4. The minimum atomic E-state index is -4.46. The first-order chi connectivity index (χ1) is 14.2. The highest BCUT2D eigenvalue weighted by molar-refractivity contribution is 5.95. The molecule has 0 aliphatic carbocycles. The molecule has 0 saturated carbocycles. The van der Waals surface area contributed by atoms with Crippen LogP contribution in [-0.4, -0.2) is 37.6 Å². The van der Waals surface area contributed by atoms with Gasteiger partial charge in [0, 0.05) is 7.05 Å². The van der Waals surface area contributed by atoms with E-state index in [1.807, 2.05) is 24.3 Å². The van der Waals surface area contributed by atoms with Crippen LogP contribution in [0, 0.1) is 6.92 Å². The largest absolute Gasteiger partial charge is 0.416 e. The van der Waals surface area contributed by atoms with Crippen LogP contribution in [0.15, 0.2) is 54.7 Å². The van der Waals surface area contributed by atoms with E-state index >= 15 is 0 Å². The van der Waals surface area contributed by atoms with E-state index in [4.69, 9.17) is 0 Å². The lowest BCUT2D eigenvalue weighted by atomic mass is 10.2. The summed E-state index contributed by atoms with van der Waals surface area (Å²) in [6.45, 7) is 1.90. The highest BCUT2D eigenvalue weighted by Crippen LogP contribution is 2.30. The molecular formula is C21H18F3N5O. The Labute approximate surface area is 170 Å². The van der Waals surface area contributed by atoms with Gasteiger partial charge in [-0.3, -0.25) is 4.79 Å². The molecule has 0 fully saturated rings. The van der Waals surface area contributed by atoms with E-state index in [1.165, 1.54) is 27.9 Å². The van der Waals surface area contributed by atoms with Crippen LogP contribution >= 0.6 is 0 Å². The smallest absolute Gasteiger partial charge is 0.340 e. The number of hydrogen-bond acceptors (Lipinski definition) is 3. The van der Waals surface area contributed by atoms with Crippen LogP contribution in [0.25, 0.3) is 16.7 Å². The molecule has 4 aromatic rings. The highest BCUT2D eigenvalue weighted by atomic mass is 19.4. The molecule has 2 aromatic heterocycles. The fraction of sp³-hybridized carbons (Fsp3) is 0.190. The molecule has 0 unspecified atom stereocenters. The van der Waals surface area contributed by atoms with Crippen molar-refractivity contribution in [2.45, 2.75) is 19.6 Å². The van der Waals surface area contributed by atoms with E-state index in [9.17, 15) is 18.0 Å². The second-order valence-electron chi connectivity index (χ2n) is 6.97. The van der Waals surface area contributed by atoms with Crippen LogP contribution in [0.5, 0.6) is 0 Å². The van der Waals surface area contributed by atoms with Crippen molar-refractivity contribution in [3.8, 4) is 5.69 Å². The summed E-state index contributed by atoms with van der Waals surface area (Å²) in [4.78, 5) is 22.0. The quantitative estimate of drug-likeness (QED) is 0.541. The zero-order chi connectivity index (χ0) is 21.5. The van der Waals surface area contributed by atoms with E-state index in [0.29, 0.717) is 17.1 Å². The Balaban J connectivity index is 1.57. The second-order valence-corrected chi connectivity index (χ2v) is 6.97. The van der Waals surface area contributed by atoms with Gasteiger partial charge in [-0.25, -0.2) is 9.67 Å². The predicted octanol–water partition coefficient (Wildman–Crippen LogP) is 4.35. The minimum absolute atomic E-state index is 0.237. The first-order valence-electron chi connectivity index (χ1n) is 9.15. The summed E-state index contributed by atoms with van der Waals surface area (Å²) >= 11 is 0. The van der Waals surface area contributed by atoms with Crippen LogP contribution in [0.4, 0.5) is 13.2 Å². The maximum Gasteiger partial charge on any atom is 0.416 e. The maximum atomic E-state index is 13.0. The van der Waals surface area contributed by atoms with Crippen molar-refractivity contribution >= 4 is 16.9 Å². The fourth-order valence-corrected chi connectivity index (χ4v) is 3.28. The number of amides is 1. The maximum absolute atomic E-state index is 13.0. The zero-order valence-electron chi connectivity index (χ0n) is 16.2. The average Bonchev–Trinajstić information content (AvgIpc) is 3.29. The number of alkyl halides is 3. The van der Waals surface area contributed by atoms with Gasteiger partial charge in [-0.15, -0.1) is 0 Å². The number of carbonyl (C=O) groups excluding carboxylic acids is 1. The second kappa shape index (κ2) is 7.33. The summed E-state index contributed by atoms with van der Waals surface area (Å²) in [5.41, 5.74) is 1.91. The molecule has 9 heteroatoms. The number of hydrogen-bond donors (Lipinski definition) is 1. The SMILES string of the molecule is Cc1c(C(=O)N(C)Cc2nc3ccccc3[nH]2)cnn1-c1cccc(C(F)(F)F)c1. The number of halogens is 3. The first kappa shape index (κ1) is 19.7. The Hall–Kier alpha value is -3.62. The summed E-state index contributed by atoms with van der Waals surface area (Å²) in [5, 5.41) is 4.13. The lowest BCUT2D eigenvalue weighted by molar-refractivity contribution is -0.137. The Morgan fingerprint density at radius 1 is 1.17 bits per heavy atom. The van der Waals surface area contributed by atoms with Crippen LogP contribution in [0.1, 0.15) is 27.4 Å². The highest BCUT2D eigenvalue weighted by Gasteiger charge is 2.31. The van der Waals surface area contributed by atoms with Crippen LogP contribution in [-0.2, 0) is 12.7 Å². The number of nitrogens with one attached hydrogen (secondary N) is 1. The van der Waals surface area contributed by atoms with Crippen molar-refractivity contribution in [3.63, 3.8) is 0 Å². The minimum Gasteiger partial charge on any atom is -0.340 e. The first-order valence-corrected chi connectivity index (χ1v) is 9.15. The Morgan fingerprint density at radius 3 is 2.67 bits per heavy atom. The van der Waals surface area contributed by atoms with Crippen molar-refractivity contribution in [1.29, 1.82) is 0 Å². The van der Waals surface area contributed by atoms with Crippen molar-refractivity contribution in [1.82, 2.24) is 24.6 Å². The molecule has 0 aliphatic rings. The number of aromatic nitrogens is 4. The number of para-hydroxylation sites is 2. The molecule has 2 heterocycles. The van der Waals surface area contributed by atoms with Gasteiger partial charge in [0.1, 0.15) is 5.82 Å². The van der Waals surface area contributed by atoms with Gasteiger partial charge in [-0.2, -0.15) is 18.3 Å². The molecule has 0 saturated heterocycles. The molecule has 30 heavy (non-hydrogen) atoms. The van der Waals surface area contributed by atoms with Crippen molar-refractivity contribution < 1.29 is 18.0 Å². The third-order valence-corrected chi connectivity index (χ3v) is 4.83. The van der Waals surface area contributed by atoms with Gasteiger partial charge in [0.15, 0.2) is 0 Å². The van der Waals surface area contributed by atoms with Gasteiger partial charge in [0.25, 0.3) is 5.91 Å². The molecule has 0 spiro atoms. The summed E-state index contributed by atoms with van der Waals surface area (Å²) in [7, 11) is 1.64. The monoisotopic (exact) mass is 413 g/mol. The third kappa shape index (κ3) is 3.66. The number of H-pyrrole nitrogens is 1. The van der Waals surface area contributed by atoms with E-state index in [1.54, 1.807) is 14.0 Å². The molecule has 154 valence electrons. The van der Waals surface area contributed by atoms with Gasteiger partial charge < -0.3 is 9.88 Å². The topological polar surface area (TPSA) is 66.8 Å². The molecule has 0 aliphatic heterocycles. The molecule has 0 bridgehead atoms. The number of carbonyl (C=O) groups is 1. The van der Waals surface area contributed by atoms with E-state index in [-0.39, 0.29) is 18.1 Å². The van der Waals surface area contributed by atoms with Gasteiger partial charge >= 0.3 is 6.18 Å². The number of nitrogens with zero attached hydrogens (tertiary/aromatic N) is 4. The predicted molar refractivity (Wildman–Crippen MR) is 105 cm³/mol. The normalized spacial score (nSPS) is 11.8. The molecule has 0 atom stereocenters. The van der Waals surface area contributed by atoms with E-state index < -0.39 is 11.7 Å². The van der Waals surface area contributed by atoms with Gasteiger partial charge in [-0.05, 0) is 37.3 Å². The number of fused-ring (bicyclic) bond motifs is 1. The lowest BCUT2D eigenvalue weighted by Crippen LogP contribution is -2.27. The van der Waals surface area contributed by atoms with Gasteiger partial charge in [0.2, 0.25) is 0 Å². The molecule has 1 N–H and O–H groups in total. The van der Waals surface area contributed by atoms with Crippen LogP contribution in [0.3, 0.4) is 0 Å².